The molecule has 1 unspecified atom stereocenters. The molecule has 30 heavy (non-hydrogen) atoms. The fourth-order valence-corrected chi connectivity index (χ4v) is 5.07. The van der Waals surface area contributed by atoms with Crippen LogP contribution in [0.3, 0.4) is 0 Å². The maximum absolute atomic E-state index is 12.8. The van der Waals surface area contributed by atoms with Crippen LogP contribution in [0.25, 0.3) is 0 Å². The fraction of sp³-hybridized carbons (Fsp3) is 0.870. The summed E-state index contributed by atoms with van der Waals surface area (Å²) in [6.45, 7) is 11.4. The van der Waals surface area contributed by atoms with Gasteiger partial charge in [-0.1, -0.05) is 6.92 Å². The van der Waals surface area contributed by atoms with Gasteiger partial charge in [0.2, 0.25) is 17.7 Å². The summed E-state index contributed by atoms with van der Waals surface area (Å²) in [6.07, 6.45) is 5.53. The maximum Gasteiger partial charge on any atom is 0.236 e. The van der Waals surface area contributed by atoms with E-state index in [0.717, 1.165) is 58.3 Å². The third kappa shape index (κ3) is 6.19. The van der Waals surface area contributed by atoms with E-state index in [1.807, 2.05) is 18.7 Å². The van der Waals surface area contributed by atoms with Gasteiger partial charge in [-0.05, 0) is 71.4 Å². The second-order valence-electron chi connectivity index (χ2n) is 9.90. The molecule has 0 aromatic rings. The molecule has 3 saturated heterocycles. The van der Waals surface area contributed by atoms with Crippen molar-refractivity contribution in [2.75, 3.05) is 45.8 Å². The van der Waals surface area contributed by atoms with Crippen LogP contribution in [-0.2, 0) is 14.4 Å². The minimum Gasteiger partial charge on any atom is -0.354 e. The van der Waals surface area contributed by atoms with Gasteiger partial charge in [-0.25, -0.2) is 0 Å². The average molecular weight is 421 g/mol. The second kappa shape index (κ2) is 10.6. The second-order valence-corrected chi connectivity index (χ2v) is 9.90. The molecule has 1 N–H and O–H groups in total. The Morgan fingerprint density at radius 1 is 0.867 bits per heavy atom. The Morgan fingerprint density at radius 2 is 1.50 bits per heavy atom. The van der Waals surface area contributed by atoms with Crippen LogP contribution in [0.4, 0.5) is 0 Å². The Kier molecular flexibility index (Phi) is 8.14. The number of likely N-dealkylation sites (tertiary alicyclic amines) is 3. The van der Waals surface area contributed by atoms with Gasteiger partial charge < -0.3 is 15.1 Å². The summed E-state index contributed by atoms with van der Waals surface area (Å²) >= 11 is 0. The summed E-state index contributed by atoms with van der Waals surface area (Å²) < 4.78 is 0. The van der Waals surface area contributed by atoms with Crippen LogP contribution in [0, 0.1) is 17.8 Å². The third-order valence-electron chi connectivity index (χ3n) is 6.91. The van der Waals surface area contributed by atoms with E-state index < -0.39 is 0 Å². The molecule has 0 aliphatic carbocycles. The summed E-state index contributed by atoms with van der Waals surface area (Å²) in [6, 6.07) is 0.172. The van der Waals surface area contributed by atoms with E-state index >= 15 is 0 Å². The molecule has 3 aliphatic heterocycles. The molecule has 7 nitrogen and oxygen atoms in total. The Bertz CT molecular complexity index is 608. The summed E-state index contributed by atoms with van der Waals surface area (Å²) in [5.74, 6) is 1.36. The Hall–Kier alpha value is -1.63. The van der Waals surface area contributed by atoms with Gasteiger partial charge in [-0.15, -0.1) is 0 Å². The highest BCUT2D eigenvalue weighted by atomic mass is 16.2. The SMILES string of the molecule is CC1CCCN(C(=O)C2CCN(C(=O)CN3CCC(C(=O)NC(C)C)CC3)CC2)C1. The van der Waals surface area contributed by atoms with Gasteiger partial charge in [0.1, 0.15) is 0 Å². The Labute approximate surface area is 181 Å². The Balaban J connectivity index is 1.37. The summed E-state index contributed by atoms with van der Waals surface area (Å²) in [7, 11) is 0. The molecule has 3 amide bonds. The lowest BCUT2D eigenvalue weighted by Gasteiger charge is -2.38. The molecule has 0 saturated carbocycles. The van der Waals surface area contributed by atoms with E-state index in [0.29, 0.717) is 31.5 Å². The minimum absolute atomic E-state index is 0.0676. The van der Waals surface area contributed by atoms with Gasteiger partial charge in [-0.2, -0.15) is 0 Å². The lowest BCUT2D eigenvalue weighted by atomic mass is 9.92. The lowest BCUT2D eigenvalue weighted by molar-refractivity contribution is -0.142. The topological polar surface area (TPSA) is 73.0 Å². The molecule has 7 heteroatoms. The number of hydrogen-bond donors (Lipinski definition) is 1. The summed E-state index contributed by atoms with van der Waals surface area (Å²) in [5.41, 5.74) is 0. The van der Waals surface area contributed by atoms with Crippen LogP contribution in [0.1, 0.15) is 59.3 Å². The highest BCUT2D eigenvalue weighted by Gasteiger charge is 2.33. The molecule has 0 spiro atoms. The smallest absolute Gasteiger partial charge is 0.236 e. The zero-order chi connectivity index (χ0) is 21.7. The number of amides is 3. The zero-order valence-corrected chi connectivity index (χ0v) is 19.1. The number of hydrogen-bond acceptors (Lipinski definition) is 4. The van der Waals surface area contributed by atoms with E-state index in [2.05, 4.69) is 22.0 Å². The van der Waals surface area contributed by atoms with Crippen LogP contribution in [0.2, 0.25) is 0 Å². The van der Waals surface area contributed by atoms with Crippen molar-refractivity contribution in [1.29, 1.82) is 0 Å². The van der Waals surface area contributed by atoms with Crippen molar-refractivity contribution in [2.45, 2.75) is 65.3 Å². The molecule has 1 atom stereocenters. The molecule has 3 heterocycles. The molecule has 0 aromatic heterocycles. The molecule has 3 fully saturated rings. The van der Waals surface area contributed by atoms with Gasteiger partial charge in [0.15, 0.2) is 0 Å². The first-order valence-corrected chi connectivity index (χ1v) is 11.9. The van der Waals surface area contributed by atoms with Gasteiger partial charge >= 0.3 is 0 Å². The molecular weight excluding hydrogens is 380 g/mol. The normalized spacial score (nSPS) is 24.9. The first-order chi connectivity index (χ1) is 14.3. The van der Waals surface area contributed by atoms with Gasteiger partial charge in [-0.3, -0.25) is 19.3 Å². The lowest BCUT2D eigenvalue weighted by Crippen LogP contribution is -2.50. The van der Waals surface area contributed by atoms with Gasteiger partial charge in [0, 0.05) is 44.1 Å². The van der Waals surface area contributed by atoms with Crippen molar-refractivity contribution in [2.24, 2.45) is 17.8 Å². The van der Waals surface area contributed by atoms with Crippen molar-refractivity contribution < 1.29 is 14.4 Å². The number of carbonyl (C=O) groups excluding carboxylic acids is 3. The third-order valence-corrected chi connectivity index (χ3v) is 6.91. The zero-order valence-electron chi connectivity index (χ0n) is 19.1. The van der Waals surface area contributed by atoms with E-state index in [1.54, 1.807) is 0 Å². The van der Waals surface area contributed by atoms with Crippen LogP contribution in [0.5, 0.6) is 0 Å². The first-order valence-electron chi connectivity index (χ1n) is 11.9. The van der Waals surface area contributed by atoms with Crippen molar-refractivity contribution >= 4 is 17.7 Å². The van der Waals surface area contributed by atoms with Gasteiger partial charge in [0.05, 0.1) is 6.54 Å². The van der Waals surface area contributed by atoms with Crippen LogP contribution in [0.15, 0.2) is 0 Å². The molecular formula is C23H40N4O3. The summed E-state index contributed by atoms with van der Waals surface area (Å²) in [5, 5.41) is 3.00. The highest BCUT2D eigenvalue weighted by Crippen LogP contribution is 2.24. The number of carbonyl (C=O) groups is 3. The van der Waals surface area contributed by atoms with Crippen molar-refractivity contribution in [3.05, 3.63) is 0 Å². The standard InChI is InChI=1S/C23H40N4O3/c1-17(2)24-22(29)19-6-11-25(12-7-19)16-21(28)26-13-8-20(9-14-26)23(30)27-10-4-5-18(3)15-27/h17-20H,4-16H2,1-3H3,(H,24,29). The van der Waals surface area contributed by atoms with Crippen LogP contribution in [-0.4, -0.2) is 84.3 Å². The number of rotatable bonds is 5. The molecule has 3 aliphatic rings. The maximum atomic E-state index is 12.8. The van der Waals surface area contributed by atoms with Crippen molar-refractivity contribution in [1.82, 2.24) is 20.0 Å². The van der Waals surface area contributed by atoms with Crippen molar-refractivity contribution in [3.8, 4) is 0 Å². The minimum atomic E-state index is 0.0676. The molecule has 170 valence electrons. The van der Waals surface area contributed by atoms with Crippen molar-refractivity contribution in [3.63, 3.8) is 0 Å². The van der Waals surface area contributed by atoms with Gasteiger partial charge in [0.25, 0.3) is 0 Å². The molecule has 0 aromatic carbocycles. The highest BCUT2D eigenvalue weighted by molar-refractivity contribution is 5.81. The predicted molar refractivity (Wildman–Crippen MR) is 117 cm³/mol. The average Bonchev–Trinajstić information content (AvgIpc) is 2.73. The predicted octanol–water partition coefficient (Wildman–Crippen LogP) is 1.72. The first kappa shape index (κ1) is 23.0. The Morgan fingerprint density at radius 3 is 2.10 bits per heavy atom. The molecule has 3 rings (SSSR count). The van der Waals surface area contributed by atoms with E-state index in [9.17, 15) is 14.4 Å². The largest absolute Gasteiger partial charge is 0.354 e. The fourth-order valence-electron chi connectivity index (χ4n) is 5.07. The molecule has 0 radical (unpaired) electrons. The van der Waals surface area contributed by atoms with Crippen LogP contribution >= 0.6 is 0 Å². The van der Waals surface area contributed by atoms with E-state index in [4.69, 9.17) is 0 Å². The summed E-state index contributed by atoms with van der Waals surface area (Å²) in [4.78, 5) is 43.9. The van der Waals surface area contributed by atoms with E-state index in [-0.39, 0.29) is 29.7 Å². The number of nitrogens with zero attached hydrogens (tertiary/aromatic N) is 3. The van der Waals surface area contributed by atoms with E-state index in [1.165, 1.54) is 6.42 Å². The number of piperidine rings is 3. The molecule has 0 bridgehead atoms. The number of nitrogens with one attached hydrogen (secondary N) is 1. The van der Waals surface area contributed by atoms with Crippen LogP contribution < -0.4 is 5.32 Å². The quantitative estimate of drug-likeness (QED) is 0.735. The monoisotopic (exact) mass is 420 g/mol.